The fourth-order valence-electron chi connectivity index (χ4n) is 3.48. The third-order valence-corrected chi connectivity index (χ3v) is 5.20. The van der Waals surface area contributed by atoms with E-state index < -0.39 is 0 Å². The summed E-state index contributed by atoms with van der Waals surface area (Å²) in [6.07, 6.45) is 1.61. The molecule has 9 heteroatoms. The minimum absolute atomic E-state index is 0.189. The zero-order chi connectivity index (χ0) is 23.4. The van der Waals surface area contributed by atoms with Gasteiger partial charge in [0.2, 0.25) is 5.88 Å². The number of nitrogens with one attached hydrogen (secondary N) is 3. The average molecular weight is 440 g/mol. The number of nitrogens with zero attached hydrogens (tertiary/aromatic N) is 3. The van der Waals surface area contributed by atoms with E-state index in [-0.39, 0.29) is 29.8 Å². The number of rotatable bonds is 6. The van der Waals surface area contributed by atoms with Crippen LogP contribution in [0.4, 0.5) is 0 Å². The van der Waals surface area contributed by atoms with Crippen LogP contribution in [0.5, 0.6) is 5.88 Å². The Morgan fingerprint density at radius 2 is 1.94 bits per heavy atom. The van der Waals surface area contributed by atoms with E-state index in [0.29, 0.717) is 33.3 Å². The minimum atomic E-state index is -0.376. The van der Waals surface area contributed by atoms with Crippen LogP contribution in [0.1, 0.15) is 32.0 Å². The van der Waals surface area contributed by atoms with Crippen molar-refractivity contribution in [1.82, 2.24) is 25.8 Å². The fraction of sp³-hybridized carbons (Fsp3) is 0.125. The van der Waals surface area contributed by atoms with Crippen LogP contribution in [0.3, 0.4) is 0 Å². The number of aromatic nitrogens is 3. The van der Waals surface area contributed by atoms with Crippen molar-refractivity contribution in [2.24, 2.45) is 0 Å². The van der Waals surface area contributed by atoms with E-state index in [1.807, 2.05) is 18.2 Å². The molecule has 0 bridgehead atoms. The Bertz CT molecular complexity index is 1400. The Morgan fingerprint density at radius 3 is 2.70 bits per heavy atom. The maximum atomic E-state index is 12.9. The summed E-state index contributed by atoms with van der Waals surface area (Å²) in [5.41, 5.74) is 3.95. The van der Waals surface area contributed by atoms with E-state index >= 15 is 0 Å². The van der Waals surface area contributed by atoms with Crippen LogP contribution in [0.25, 0.3) is 22.0 Å². The zero-order valence-corrected chi connectivity index (χ0v) is 18.0. The monoisotopic (exact) mass is 440 g/mol. The van der Waals surface area contributed by atoms with E-state index in [2.05, 4.69) is 31.9 Å². The summed E-state index contributed by atoms with van der Waals surface area (Å²) in [6, 6.07) is 16.3. The van der Waals surface area contributed by atoms with E-state index in [4.69, 9.17) is 4.74 Å². The molecule has 0 spiro atoms. The number of ether oxygens (including phenoxy) is 1. The average Bonchev–Trinajstić information content (AvgIpc) is 3.29. The molecule has 4 rings (SSSR count). The maximum Gasteiger partial charge on any atom is 0.272 e. The molecule has 0 saturated carbocycles. The van der Waals surface area contributed by atoms with E-state index in [1.165, 1.54) is 7.11 Å². The van der Waals surface area contributed by atoms with Crippen molar-refractivity contribution >= 4 is 22.7 Å². The van der Waals surface area contributed by atoms with Gasteiger partial charge in [0, 0.05) is 30.7 Å². The summed E-state index contributed by atoms with van der Waals surface area (Å²) in [5, 5.41) is 22.3. The standard InChI is InChI=1S/C24H20N6O3/c1-26-23(32)21-18-8-7-14(10-20(18)29-30-21)17-9-19(24(33-2)28-13-17)22(31)27-12-16-6-4-3-5-15(16)11-25/h3-10,13H,12H2,1-2H3,(H,26,32)(H,27,31)(H,29,30). The molecule has 0 atom stereocenters. The first-order valence-corrected chi connectivity index (χ1v) is 10.1. The molecule has 0 fully saturated rings. The maximum absolute atomic E-state index is 12.9. The first-order chi connectivity index (χ1) is 16.0. The van der Waals surface area contributed by atoms with Crippen molar-refractivity contribution in [1.29, 1.82) is 5.26 Å². The lowest BCUT2D eigenvalue weighted by molar-refractivity contribution is 0.0943. The second-order valence-corrected chi connectivity index (χ2v) is 7.14. The van der Waals surface area contributed by atoms with Crippen molar-refractivity contribution in [3.05, 3.63) is 77.1 Å². The van der Waals surface area contributed by atoms with Crippen LogP contribution in [-0.4, -0.2) is 41.2 Å². The van der Waals surface area contributed by atoms with Crippen molar-refractivity contribution in [2.75, 3.05) is 14.2 Å². The number of carbonyl (C=O) groups excluding carboxylic acids is 2. The molecule has 2 aromatic heterocycles. The van der Waals surface area contributed by atoms with Crippen molar-refractivity contribution in [2.45, 2.75) is 6.54 Å². The van der Waals surface area contributed by atoms with Crippen LogP contribution >= 0.6 is 0 Å². The Labute approximate surface area is 189 Å². The third kappa shape index (κ3) is 4.22. The molecule has 164 valence electrons. The second-order valence-electron chi connectivity index (χ2n) is 7.14. The molecule has 0 radical (unpaired) electrons. The molecule has 33 heavy (non-hydrogen) atoms. The van der Waals surface area contributed by atoms with Crippen LogP contribution < -0.4 is 15.4 Å². The highest BCUT2D eigenvalue weighted by Crippen LogP contribution is 2.28. The van der Waals surface area contributed by atoms with Crippen molar-refractivity contribution in [3.63, 3.8) is 0 Å². The number of fused-ring (bicyclic) bond motifs is 1. The van der Waals surface area contributed by atoms with Gasteiger partial charge in [0.05, 0.1) is 24.3 Å². The summed E-state index contributed by atoms with van der Waals surface area (Å²) >= 11 is 0. The van der Waals surface area contributed by atoms with Crippen LogP contribution in [-0.2, 0) is 6.54 Å². The van der Waals surface area contributed by atoms with Gasteiger partial charge in [0.15, 0.2) is 5.69 Å². The van der Waals surface area contributed by atoms with Crippen LogP contribution in [0, 0.1) is 11.3 Å². The molecule has 0 aliphatic carbocycles. The number of aromatic amines is 1. The Balaban J connectivity index is 1.63. The number of hydrogen-bond acceptors (Lipinski definition) is 6. The fourth-order valence-corrected chi connectivity index (χ4v) is 3.48. The summed E-state index contributed by atoms with van der Waals surface area (Å²) in [5.74, 6) is -0.468. The molecule has 2 heterocycles. The molecule has 4 aromatic rings. The van der Waals surface area contributed by atoms with E-state index in [9.17, 15) is 14.9 Å². The Kier molecular flexibility index (Phi) is 6.00. The summed E-state index contributed by atoms with van der Waals surface area (Å²) in [7, 11) is 2.99. The molecule has 2 amide bonds. The minimum Gasteiger partial charge on any atom is -0.480 e. The molecule has 0 unspecified atom stereocenters. The molecular weight excluding hydrogens is 420 g/mol. The van der Waals surface area contributed by atoms with Gasteiger partial charge in [-0.05, 0) is 35.4 Å². The zero-order valence-electron chi connectivity index (χ0n) is 18.0. The number of carbonyl (C=O) groups is 2. The molecule has 9 nitrogen and oxygen atoms in total. The topological polar surface area (TPSA) is 133 Å². The second kappa shape index (κ2) is 9.20. The lowest BCUT2D eigenvalue weighted by atomic mass is 10.0. The summed E-state index contributed by atoms with van der Waals surface area (Å²) in [4.78, 5) is 29.2. The highest BCUT2D eigenvalue weighted by atomic mass is 16.5. The third-order valence-electron chi connectivity index (χ3n) is 5.20. The molecule has 0 aliphatic rings. The number of amides is 2. The van der Waals surface area contributed by atoms with Crippen LogP contribution in [0.2, 0.25) is 0 Å². The number of benzene rings is 2. The number of methoxy groups -OCH3 is 1. The summed E-state index contributed by atoms with van der Waals surface area (Å²) in [6.45, 7) is 0.193. The Hall–Kier alpha value is -4.71. The molecule has 0 aliphatic heterocycles. The smallest absolute Gasteiger partial charge is 0.272 e. The van der Waals surface area contributed by atoms with Gasteiger partial charge < -0.3 is 15.4 Å². The van der Waals surface area contributed by atoms with Crippen LogP contribution in [0.15, 0.2) is 54.7 Å². The predicted molar refractivity (Wildman–Crippen MR) is 122 cm³/mol. The van der Waals surface area contributed by atoms with Gasteiger partial charge in [0.25, 0.3) is 11.8 Å². The molecule has 3 N–H and O–H groups in total. The first-order valence-electron chi connectivity index (χ1n) is 10.1. The predicted octanol–water partition coefficient (Wildman–Crippen LogP) is 2.79. The summed E-state index contributed by atoms with van der Waals surface area (Å²) < 4.78 is 5.28. The lowest BCUT2D eigenvalue weighted by Crippen LogP contribution is -2.24. The van der Waals surface area contributed by atoms with Gasteiger partial charge in [-0.1, -0.05) is 24.3 Å². The quantitative estimate of drug-likeness (QED) is 0.422. The highest BCUT2D eigenvalue weighted by molar-refractivity contribution is 6.05. The molecule has 2 aromatic carbocycles. The van der Waals surface area contributed by atoms with Gasteiger partial charge in [-0.2, -0.15) is 10.4 Å². The van der Waals surface area contributed by atoms with Gasteiger partial charge in [-0.3, -0.25) is 14.7 Å². The van der Waals surface area contributed by atoms with Gasteiger partial charge in [-0.25, -0.2) is 4.98 Å². The van der Waals surface area contributed by atoms with Crippen molar-refractivity contribution in [3.8, 4) is 23.1 Å². The number of pyridine rings is 1. The van der Waals surface area contributed by atoms with Crippen molar-refractivity contribution < 1.29 is 14.3 Å². The number of hydrogen-bond donors (Lipinski definition) is 3. The number of nitriles is 1. The first kappa shape index (κ1) is 21.5. The highest BCUT2D eigenvalue weighted by Gasteiger charge is 2.17. The SMILES string of the molecule is CNC(=O)c1n[nH]c2cc(-c3cnc(OC)c(C(=O)NCc4ccccc4C#N)c3)ccc12. The van der Waals surface area contributed by atoms with Gasteiger partial charge in [-0.15, -0.1) is 0 Å². The van der Waals surface area contributed by atoms with E-state index in [1.54, 1.807) is 43.6 Å². The Morgan fingerprint density at radius 1 is 1.12 bits per heavy atom. The normalized spacial score (nSPS) is 10.5. The number of H-pyrrole nitrogens is 1. The molecular formula is C24H20N6O3. The van der Waals surface area contributed by atoms with E-state index in [0.717, 1.165) is 5.56 Å². The molecule has 0 saturated heterocycles. The van der Waals surface area contributed by atoms with Gasteiger partial charge in [0.1, 0.15) is 5.56 Å². The largest absolute Gasteiger partial charge is 0.480 e. The lowest BCUT2D eigenvalue weighted by Gasteiger charge is -2.11. The van der Waals surface area contributed by atoms with Gasteiger partial charge >= 0.3 is 0 Å².